The molecule has 0 radical (unpaired) electrons. The molecule has 2 aromatic rings. The van der Waals surface area contributed by atoms with Crippen LogP contribution in [-0.2, 0) is 0 Å². The first-order chi connectivity index (χ1) is 13.3. The van der Waals surface area contributed by atoms with Gasteiger partial charge in [0.15, 0.2) is 0 Å². The summed E-state index contributed by atoms with van der Waals surface area (Å²) in [6.07, 6.45) is 5.43. The van der Waals surface area contributed by atoms with Crippen molar-refractivity contribution in [3.05, 3.63) is 58.4 Å². The van der Waals surface area contributed by atoms with Gasteiger partial charge in [0.25, 0.3) is 5.91 Å². The molecule has 0 fully saturated rings. The van der Waals surface area contributed by atoms with Gasteiger partial charge in [-0.3, -0.25) is 4.79 Å². The Morgan fingerprint density at radius 2 is 2.21 bits per heavy atom. The number of carbonyl (C=O) groups excluding carboxylic acids is 1. The highest BCUT2D eigenvalue weighted by atomic mass is 35.5. The standard InChI is InChI=1S/C22H27ClN4O/c1-5-11-27-19-9-8-16(12-18(19)15(2)13-22(27,3)4)14-25-26-21(28)17-7-6-10-24-20(17)23/h6-10,12,14-15H,5,11,13H2,1-4H3,(H,26,28)/b25-14-. The van der Waals surface area contributed by atoms with Crippen molar-refractivity contribution in [3.8, 4) is 0 Å². The molecule has 3 rings (SSSR count). The second kappa shape index (κ2) is 8.31. The van der Waals surface area contributed by atoms with Crippen molar-refractivity contribution in [1.29, 1.82) is 0 Å². The van der Waals surface area contributed by atoms with Gasteiger partial charge in [0.2, 0.25) is 0 Å². The average Bonchev–Trinajstić information content (AvgIpc) is 2.65. The number of fused-ring (bicyclic) bond motifs is 1. The van der Waals surface area contributed by atoms with Crippen molar-refractivity contribution in [2.45, 2.75) is 52.0 Å². The van der Waals surface area contributed by atoms with Gasteiger partial charge in [-0.25, -0.2) is 10.4 Å². The third-order valence-corrected chi connectivity index (χ3v) is 5.54. The Hall–Kier alpha value is -2.40. The number of pyridine rings is 1. The summed E-state index contributed by atoms with van der Waals surface area (Å²) in [5.74, 6) is 0.0896. The molecule has 1 N–H and O–H groups in total. The van der Waals surface area contributed by atoms with E-state index in [1.807, 2.05) is 6.07 Å². The first-order valence-electron chi connectivity index (χ1n) is 9.69. The van der Waals surface area contributed by atoms with Crippen molar-refractivity contribution in [2.75, 3.05) is 11.4 Å². The molecule has 6 heteroatoms. The highest BCUT2D eigenvalue weighted by Gasteiger charge is 2.35. The zero-order valence-corrected chi connectivity index (χ0v) is 17.6. The van der Waals surface area contributed by atoms with E-state index in [1.54, 1.807) is 24.5 Å². The largest absolute Gasteiger partial charge is 0.366 e. The maximum Gasteiger partial charge on any atom is 0.274 e. The van der Waals surface area contributed by atoms with Gasteiger partial charge >= 0.3 is 0 Å². The fourth-order valence-electron chi connectivity index (χ4n) is 4.02. The lowest BCUT2D eigenvalue weighted by Gasteiger charge is -2.47. The van der Waals surface area contributed by atoms with E-state index in [0.717, 1.165) is 24.9 Å². The smallest absolute Gasteiger partial charge is 0.274 e. The number of anilines is 1. The fraction of sp³-hybridized carbons (Fsp3) is 0.409. The third kappa shape index (κ3) is 4.20. The average molecular weight is 399 g/mol. The lowest BCUT2D eigenvalue weighted by atomic mass is 9.79. The lowest BCUT2D eigenvalue weighted by molar-refractivity contribution is 0.0955. The Morgan fingerprint density at radius 3 is 2.93 bits per heavy atom. The normalized spacial score (nSPS) is 18.2. The van der Waals surface area contributed by atoms with E-state index in [4.69, 9.17) is 11.6 Å². The number of hydrogen-bond acceptors (Lipinski definition) is 4. The predicted molar refractivity (Wildman–Crippen MR) is 115 cm³/mol. The van der Waals surface area contributed by atoms with Gasteiger partial charge < -0.3 is 4.90 Å². The van der Waals surface area contributed by atoms with Crippen molar-refractivity contribution >= 4 is 29.4 Å². The maximum absolute atomic E-state index is 12.2. The molecule has 28 heavy (non-hydrogen) atoms. The van der Waals surface area contributed by atoms with Crippen molar-refractivity contribution in [1.82, 2.24) is 10.4 Å². The molecule has 1 aliphatic heterocycles. The molecule has 0 saturated carbocycles. The number of carbonyl (C=O) groups is 1. The van der Waals surface area contributed by atoms with Crippen LogP contribution in [0, 0.1) is 0 Å². The number of nitrogens with one attached hydrogen (secondary N) is 1. The van der Waals surface area contributed by atoms with E-state index < -0.39 is 0 Å². The van der Waals surface area contributed by atoms with Crippen LogP contribution in [-0.4, -0.2) is 29.2 Å². The Morgan fingerprint density at radius 1 is 1.43 bits per heavy atom. The summed E-state index contributed by atoms with van der Waals surface area (Å²) < 4.78 is 0. The van der Waals surface area contributed by atoms with Crippen LogP contribution < -0.4 is 10.3 Å². The van der Waals surface area contributed by atoms with Gasteiger partial charge in [0.05, 0.1) is 11.8 Å². The molecule has 0 aliphatic carbocycles. The Balaban J connectivity index is 1.78. The molecule has 148 valence electrons. The summed E-state index contributed by atoms with van der Waals surface area (Å²) in [5, 5.41) is 4.26. The first kappa shape index (κ1) is 20.3. The van der Waals surface area contributed by atoms with Gasteiger partial charge in [-0.1, -0.05) is 31.5 Å². The van der Waals surface area contributed by atoms with Crippen LogP contribution in [0.5, 0.6) is 0 Å². The summed E-state index contributed by atoms with van der Waals surface area (Å²) in [4.78, 5) is 18.6. The SMILES string of the molecule is CCCN1c2ccc(/C=N\NC(=O)c3cccnc3Cl)cc2C(C)CC1(C)C. The van der Waals surface area contributed by atoms with Crippen LogP contribution >= 0.6 is 11.6 Å². The predicted octanol–water partition coefficient (Wildman–Crippen LogP) is 5.00. The number of amides is 1. The second-order valence-corrected chi connectivity index (χ2v) is 8.29. The molecule has 1 aliphatic rings. The third-order valence-electron chi connectivity index (χ3n) is 5.24. The molecule has 0 bridgehead atoms. The number of hydrazone groups is 1. The Bertz CT molecular complexity index is 894. The zero-order valence-electron chi connectivity index (χ0n) is 16.9. The molecule has 0 spiro atoms. The minimum absolute atomic E-state index is 0.148. The monoisotopic (exact) mass is 398 g/mol. The van der Waals surface area contributed by atoms with Gasteiger partial charge in [0, 0.05) is 24.0 Å². The molecule has 1 atom stereocenters. The van der Waals surface area contributed by atoms with E-state index in [-0.39, 0.29) is 16.6 Å². The minimum atomic E-state index is -0.378. The molecule has 1 aromatic carbocycles. The lowest BCUT2D eigenvalue weighted by Crippen LogP contribution is -2.48. The van der Waals surface area contributed by atoms with Gasteiger partial charge in [-0.05, 0) is 68.0 Å². The molecule has 2 heterocycles. The summed E-state index contributed by atoms with van der Waals surface area (Å²) in [7, 11) is 0. The second-order valence-electron chi connectivity index (χ2n) is 7.93. The van der Waals surface area contributed by atoms with Crippen LogP contribution in [0.1, 0.15) is 67.9 Å². The summed E-state index contributed by atoms with van der Waals surface area (Å²) >= 11 is 5.94. The quantitative estimate of drug-likeness (QED) is 0.438. The van der Waals surface area contributed by atoms with Crippen LogP contribution in [0.25, 0.3) is 0 Å². The van der Waals surface area contributed by atoms with Crippen molar-refractivity contribution in [2.24, 2.45) is 5.10 Å². The Labute approximate surface area is 171 Å². The summed E-state index contributed by atoms with van der Waals surface area (Å²) in [6.45, 7) is 10.2. The van der Waals surface area contributed by atoms with E-state index in [0.29, 0.717) is 11.5 Å². The zero-order chi connectivity index (χ0) is 20.3. The molecular weight excluding hydrogens is 372 g/mol. The van der Waals surface area contributed by atoms with E-state index >= 15 is 0 Å². The van der Waals surface area contributed by atoms with Crippen LogP contribution in [0.3, 0.4) is 0 Å². The number of aromatic nitrogens is 1. The summed E-state index contributed by atoms with van der Waals surface area (Å²) in [5.41, 5.74) is 6.56. The van der Waals surface area contributed by atoms with Gasteiger partial charge in [-0.2, -0.15) is 5.10 Å². The molecule has 0 saturated heterocycles. The van der Waals surface area contributed by atoms with E-state index in [1.165, 1.54) is 11.3 Å². The number of rotatable bonds is 5. The Kier molecular flexibility index (Phi) is 6.04. The van der Waals surface area contributed by atoms with E-state index in [9.17, 15) is 4.79 Å². The number of benzene rings is 1. The number of halogens is 1. The highest BCUT2D eigenvalue weighted by molar-refractivity contribution is 6.32. The topological polar surface area (TPSA) is 57.6 Å². The fourth-order valence-corrected chi connectivity index (χ4v) is 4.22. The van der Waals surface area contributed by atoms with Crippen molar-refractivity contribution < 1.29 is 4.79 Å². The van der Waals surface area contributed by atoms with Crippen LogP contribution in [0.4, 0.5) is 5.69 Å². The highest BCUT2D eigenvalue weighted by Crippen LogP contribution is 2.43. The van der Waals surface area contributed by atoms with Crippen LogP contribution in [0.2, 0.25) is 5.15 Å². The summed E-state index contributed by atoms with van der Waals surface area (Å²) in [6, 6.07) is 9.67. The van der Waals surface area contributed by atoms with Crippen molar-refractivity contribution in [3.63, 3.8) is 0 Å². The van der Waals surface area contributed by atoms with E-state index in [2.05, 4.69) is 60.2 Å². The minimum Gasteiger partial charge on any atom is -0.366 e. The number of nitrogens with zero attached hydrogens (tertiary/aromatic N) is 3. The molecule has 1 amide bonds. The van der Waals surface area contributed by atoms with Gasteiger partial charge in [0.1, 0.15) is 5.15 Å². The van der Waals surface area contributed by atoms with Gasteiger partial charge in [-0.15, -0.1) is 0 Å². The molecule has 5 nitrogen and oxygen atoms in total. The first-order valence-corrected chi connectivity index (χ1v) is 10.1. The molecular formula is C22H27ClN4O. The number of hydrogen-bond donors (Lipinski definition) is 1. The van der Waals surface area contributed by atoms with Crippen LogP contribution in [0.15, 0.2) is 41.6 Å². The molecule has 1 unspecified atom stereocenters. The maximum atomic E-state index is 12.2. The molecule has 1 aromatic heterocycles.